The van der Waals surface area contributed by atoms with Gasteiger partial charge in [0.25, 0.3) is 0 Å². The summed E-state index contributed by atoms with van der Waals surface area (Å²) in [5, 5.41) is 0. The van der Waals surface area contributed by atoms with Gasteiger partial charge in [-0.25, -0.2) is 13.1 Å². The van der Waals surface area contributed by atoms with Crippen LogP contribution < -0.4 is 10.5 Å². The molecule has 0 bridgehead atoms. The third-order valence-electron chi connectivity index (χ3n) is 3.41. The van der Waals surface area contributed by atoms with Crippen molar-refractivity contribution in [1.29, 1.82) is 0 Å². The topological polar surface area (TPSA) is 77.1 Å². The standard InChI is InChI=1S/C11H19N3O2S/c1-11(2)5-10(11)13-17(15,16)9-4-8(6-12)14(3)7-9/h4,7,10,13H,5-6,12H2,1-3H3. The van der Waals surface area contributed by atoms with Crippen LogP contribution >= 0.6 is 0 Å². The molecule has 1 aliphatic carbocycles. The van der Waals surface area contributed by atoms with Crippen LogP contribution in [0.1, 0.15) is 26.0 Å². The Bertz CT molecular complexity index is 531. The summed E-state index contributed by atoms with van der Waals surface area (Å²) in [6.07, 6.45) is 2.49. The van der Waals surface area contributed by atoms with E-state index in [1.165, 1.54) is 0 Å². The Labute approximate surface area is 102 Å². The molecule has 0 amide bonds. The Morgan fingerprint density at radius 1 is 1.59 bits per heavy atom. The van der Waals surface area contributed by atoms with E-state index in [0.717, 1.165) is 12.1 Å². The smallest absolute Gasteiger partial charge is 0.242 e. The second-order valence-corrected chi connectivity index (χ2v) is 7.06. The first-order chi connectivity index (χ1) is 7.76. The van der Waals surface area contributed by atoms with Crippen LogP contribution in [0.25, 0.3) is 0 Å². The fourth-order valence-corrected chi connectivity index (χ4v) is 3.35. The van der Waals surface area contributed by atoms with E-state index in [9.17, 15) is 8.42 Å². The Morgan fingerprint density at radius 2 is 2.18 bits per heavy atom. The highest BCUT2D eigenvalue weighted by Crippen LogP contribution is 2.45. The van der Waals surface area contributed by atoms with Crippen molar-refractivity contribution in [2.45, 2.75) is 37.8 Å². The lowest BCUT2D eigenvalue weighted by Gasteiger charge is -2.06. The average Bonchev–Trinajstić information content (AvgIpc) is 2.63. The van der Waals surface area contributed by atoms with E-state index in [2.05, 4.69) is 18.6 Å². The van der Waals surface area contributed by atoms with Gasteiger partial charge in [-0.2, -0.15) is 0 Å². The molecule has 0 spiro atoms. The number of nitrogens with zero attached hydrogens (tertiary/aromatic N) is 1. The minimum absolute atomic E-state index is 0.0500. The first-order valence-electron chi connectivity index (χ1n) is 5.64. The molecule has 96 valence electrons. The zero-order valence-electron chi connectivity index (χ0n) is 10.4. The Hall–Kier alpha value is -0.850. The highest BCUT2D eigenvalue weighted by molar-refractivity contribution is 7.89. The van der Waals surface area contributed by atoms with Crippen molar-refractivity contribution >= 4 is 10.0 Å². The molecule has 1 atom stereocenters. The van der Waals surface area contributed by atoms with E-state index >= 15 is 0 Å². The highest BCUT2D eigenvalue weighted by atomic mass is 32.2. The maximum atomic E-state index is 12.1. The van der Waals surface area contributed by atoms with Gasteiger partial charge in [-0.05, 0) is 17.9 Å². The molecule has 1 saturated carbocycles. The largest absolute Gasteiger partial charge is 0.352 e. The molecule has 1 aromatic heterocycles. The van der Waals surface area contributed by atoms with Crippen molar-refractivity contribution in [3.63, 3.8) is 0 Å². The predicted molar refractivity (Wildman–Crippen MR) is 65.8 cm³/mol. The monoisotopic (exact) mass is 257 g/mol. The fourth-order valence-electron chi connectivity index (χ4n) is 1.85. The third kappa shape index (κ3) is 2.38. The third-order valence-corrected chi connectivity index (χ3v) is 4.85. The lowest BCUT2D eigenvalue weighted by molar-refractivity contribution is 0.555. The van der Waals surface area contributed by atoms with Crippen molar-refractivity contribution in [2.24, 2.45) is 18.2 Å². The van der Waals surface area contributed by atoms with Gasteiger partial charge in [0.2, 0.25) is 10.0 Å². The average molecular weight is 257 g/mol. The number of nitrogens with one attached hydrogen (secondary N) is 1. The van der Waals surface area contributed by atoms with Gasteiger partial charge in [-0.1, -0.05) is 13.8 Å². The van der Waals surface area contributed by atoms with Crippen LogP contribution in [0.2, 0.25) is 0 Å². The Kier molecular flexibility index (Phi) is 2.84. The predicted octanol–water partition coefficient (Wildman–Crippen LogP) is 0.561. The quantitative estimate of drug-likeness (QED) is 0.827. The number of hydrogen-bond donors (Lipinski definition) is 2. The molecule has 0 aliphatic heterocycles. The molecular weight excluding hydrogens is 238 g/mol. The van der Waals surface area contributed by atoms with Gasteiger partial charge >= 0.3 is 0 Å². The molecule has 3 N–H and O–H groups in total. The van der Waals surface area contributed by atoms with Crippen LogP contribution in [0, 0.1) is 5.41 Å². The SMILES string of the molecule is Cn1cc(S(=O)(=O)NC2CC2(C)C)cc1CN. The van der Waals surface area contributed by atoms with Gasteiger partial charge < -0.3 is 10.3 Å². The van der Waals surface area contributed by atoms with Gasteiger partial charge in [-0.15, -0.1) is 0 Å². The summed E-state index contributed by atoms with van der Waals surface area (Å²) < 4.78 is 28.6. The van der Waals surface area contributed by atoms with E-state index in [1.807, 2.05) is 0 Å². The maximum Gasteiger partial charge on any atom is 0.242 e. The fraction of sp³-hybridized carbons (Fsp3) is 0.636. The van der Waals surface area contributed by atoms with Gasteiger partial charge in [0.05, 0.1) is 4.90 Å². The first kappa shape index (κ1) is 12.6. The number of nitrogens with two attached hydrogens (primary N) is 1. The number of aromatic nitrogens is 1. The van der Waals surface area contributed by atoms with Gasteiger partial charge in [-0.3, -0.25) is 0 Å². The summed E-state index contributed by atoms with van der Waals surface area (Å²) in [6, 6.07) is 1.67. The highest BCUT2D eigenvalue weighted by Gasteiger charge is 2.47. The Balaban J connectivity index is 2.20. The molecule has 1 unspecified atom stereocenters. The molecule has 0 saturated heterocycles. The molecule has 5 nitrogen and oxygen atoms in total. The van der Waals surface area contributed by atoms with Crippen LogP contribution in [0.5, 0.6) is 0 Å². The van der Waals surface area contributed by atoms with Crippen molar-refractivity contribution in [3.05, 3.63) is 18.0 Å². The molecule has 1 aromatic rings. The van der Waals surface area contributed by atoms with E-state index in [0.29, 0.717) is 11.4 Å². The first-order valence-corrected chi connectivity index (χ1v) is 7.12. The molecule has 2 rings (SSSR count). The zero-order chi connectivity index (χ0) is 12.8. The summed E-state index contributed by atoms with van der Waals surface area (Å²) in [4.78, 5) is 0.295. The lowest BCUT2D eigenvalue weighted by atomic mass is 10.2. The van der Waals surface area contributed by atoms with Crippen molar-refractivity contribution in [3.8, 4) is 0 Å². The van der Waals surface area contributed by atoms with Crippen LogP contribution in [-0.2, 0) is 23.6 Å². The van der Waals surface area contributed by atoms with E-state index in [4.69, 9.17) is 5.73 Å². The second kappa shape index (κ2) is 3.83. The minimum atomic E-state index is -3.41. The summed E-state index contributed by atoms with van der Waals surface area (Å²) in [7, 11) is -1.61. The minimum Gasteiger partial charge on any atom is -0.352 e. The summed E-state index contributed by atoms with van der Waals surface area (Å²) >= 11 is 0. The number of rotatable bonds is 4. The number of sulfonamides is 1. The molecular formula is C11H19N3O2S. The van der Waals surface area contributed by atoms with Gasteiger partial charge in [0.15, 0.2) is 0 Å². The van der Waals surface area contributed by atoms with Gasteiger partial charge in [0.1, 0.15) is 0 Å². The summed E-state index contributed by atoms with van der Waals surface area (Å²) in [5.41, 5.74) is 6.42. The second-order valence-electron chi connectivity index (χ2n) is 5.35. The number of hydrogen-bond acceptors (Lipinski definition) is 3. The molecule has 1 fully saturated rings. The lowest BCUT2D eigenvalue weighted by Crippen LogP contribution is -2.28. The molecule has 1 heterocycles. The summed E-state index contributed by atoms with van der Waals surface area (Å²) in [5.74, 6) is 0. The van der Waals surface area contributed by atoms with Crippen molar-refractivity contribution < 1.29 is 8.42 Å². The number of aryl methyl sites for hydroxylation is 1. The van der Waals surface area contributed by atoms with Crippen LogP contribution in [-0.4, -0.2) is 19.0 Å². The maximum absolute atomic E-state index is 12.1. The van der Waals surface area contributed by atoms with Crippen LogP contribution in [0.3, 0.4) is 0 Å². The van der Waals surface area contributed by atoms with Crippen molar-refractivity contribution in [1.82, 2.24) is 9.29 Å². The van der Waals surface area contributed by atoms with E-state index < -0.39 is 10.0 Å². The molecule has 17 heavy (non-hydrogen) atoms. The normalized spacial score (nSPS) is 22.7. The van der Waals surface area contributed by atoms with Gasteiger partial charge in [0, 0.05) is 31.5 Å². The molecule has 1 aliphatic rings. The van der Waals surface area contributed by atoms with Crippen LogP contribution in [0.4, 0.5) is 0 Å². The zero-order valence-corrected chi connectivity index (χ0v) is 11.2. The summed E-state index contributed by atoms with van der Waals surface area (Å²) in [6.45, 7) is 4.44. The van der Waals surface area contributed by atoms with E-state index in [1.54, 1.807) is 23.9 Å². The molecule has 6 heteroatoms. The molecule has 0 aromatic carbocycles. The van der Waals surface area contributed by atoms with Crippen LogP contribution in [0.15, 0.2) is 17.2 Å². The van der Waals surface area contributed by atoms with Crippen molar-refractivity contribution in [2.75, 3.05) is 0 Å². The Morgan fingerprint density at radius 3 is 2.59 bits per heavy atom. The van der Waals surface area contributed by atoms with E-state index in [-0.39, 0.29) is 11.5 Å². The molecule has 0 radical (unpaired) electrons.